The zero-order valence-electron chi connectivity index (χ0n) is 33.3. The standard InChI is InChI=1S/C41H48ClN11O6/c1-43-34(55)23-59-32-20-25-19-26(7-9-31(25)49(2)40(32)58)45-37-30(42)21-44-41(47-37)53-17-15-51(16-18-53)22-24-11-13-52(14-12-24)39(57)29-6-4-5-27-35(48-50(3)36(27)29)28-8-10-33(54)46-38(28)56/h4-7,9,19-21,24,28,40,58H,8,10-18,22-23H2,1-3H3,(H,43,55)(H,44,45,47)(H,46,54,56). The maximum absolute atomic E-state index is 13.9. The van der Waals surface area contributed by atoms with E-state index >= 15 is 0 Å². The van der Waals surface area contributed by atoms with Gasteiger partial charge in [-0.2, -0.15) is 10.1 Å². The summed E-state index contributed by atoms with van der Waals surface area (Å²) in [7, 11) is 5.07. The molecule has 3 fully saturated rings. The number of anilines is 4. The second-order valence-corrected chi connectivity index (χ2v) is 15.9. The van der Waals surface area contributed by atoms with Crippen LogP contribution in [0.4, 0.5) is 23.1 Å². The topological polar surface area (TPSA) is 190 Å². The molecule has 59 heavy (non-hydrogen) atoms. The van der Waals surface area contributed by atoms with Gasteiger partial charge in [0.2, 0.25) is 17.8 Å². The number of fused-ring (bicyclic) bond motifs is 2. The van der Waals surface area contributed by atoms with Gasteiger partial charge in [-0.25, -0.2) is 4.98 Å². The number of amides is 4. The van der Waals surface area contributed by atoms with Crippen molar-refractivity contribution in [3.63, 3.8) is 0 Å². The van der Waals surface area contributed by atoms with Crippen molar-refractivity contribution in [2.45, 2.75) is 37.8 Å². The lowest BCUT2D eigenvalue weighted by molar-refractivity contribution is -0.134. The monoisotopic (exact) mass is 825 g/mol. The van der Waals surface area contributed by atoms with E-state index in [9.17, 15) is 24.3 Å². The number of rotatable bonds is 10. The minimum atomic E-state index is -1.03. The van der Waals surface area contributed by atoms with Gasteiger partial charge in [-0.1, -0.05) is 23.7 Å². The minimum Gasteiger partial charge on any atom is -0.483 e. The van der Waals surface area contributed by atoms with Crippen molar-refractivity contribution in [1.82, 2.24) is 40.2 Å². The fraction of sp³-hybridized carbons (Fsp3) is 0.439. The van der Waals surface area contributed by atoms with Crippen LogP contribution in [-0.4, -0.2) is 131 Å². The summed E-state index contributed by atoms with van der Waals surface area (Å²) in [5, 5.41) is 24.8. The van der Waals surface area contributed by atoms with E-state index in [0.717, 1.165) is 67.9 Å². The highest BCUT2D eigenvalue weighted by Gasteiger charge is 2.34. The molecule has 18 heteroatoms. The van der Waals surface area contributed by atoms with E-state index in [1.807, 2.05) is 41.3 Å². The van der Waals surface area contributed by atoms with Crippen LogP contribution in [-0.2, 0) is 26.2 Å². The zero-order chi connectivity index (χ0) is 41.4. The minimum absolute atomic E-state index is 0.0357. The summed E-state index contributed by atoms with van der Waals surface area (Å²) in [6.45, 7) is 5.29. The summed E-state index contributed by atoms with van der Waals surface area (Å²) in [6.07, 6.45) is 4.77. The number of carbonyl (C=O) groups excluding carboxylic acids is 4. The molecule has 2 unspecified atom stereocenters. The van der Waals surface area contributed by atoms with E-state index < -0.39 is 12.1 Å². The molecule has 3 saturated heterocycles. The number of aryl methyl sites for hydroxylation is 1. The molecule has 0 saturated carbocycles. The van der Waals surface area contributed by atoms with Crippen molar-refractivity contribution in [1.29, 1.82) is 0 Å². The number of halogens is 1. The molecule has 2 atom stereocenters. The van der Waals surface area contributed by atoms with Crippen LogP contribution >= 0.6 is 11.6 Å². The number of piperazine rings is 1. The van der Waals surface area contributed by atoms with Crippen LogP contribution in [0.5, 0.6) is 0 Å². The molecule has 6 heterocycles. The molecule has 4 N–H and O–H groups in total. The third-order valence-corrected chi connectivity index (χ3v) is 12.0. The number of ether oxygens (including phenoxy) is 1. The fourth-order valence-corrected chi connectivity index (χ4v) is 8.56. The number of hydrogen-bond acceptors (Lipinski definition) is 13. The average molecular weight is 826 g/mol. The highest BCUT2D eigenvalue weighted by atomic mass is 35.5. The van der Waals surface area contributed by atoms with Crippen LogP contribution < -0.4 is 25.8 Å². The van der Waals surface area contributed by atoms with Gasteiger partial charge in [0.15, 0.2) is 18.7 Å². The second kappa shape index (κ2) is 16.8. The zero-order valence-corrected chi connectivity index (χ0v) is 34.0. The molecular weight excluding hydrogens is 778 g/mol. The Hall–Kier alpha value is -5.78. The number of hydrogen-bond donors (Lipinski definition) is 4. The molecule has 0 bridgehead atoms. The van der Waals surface area contributed by atoms with E-state index in [4.69, 9.17) is 21.3 Å². The third kappa shape index (κ3) is 8.27. The molecular formula is C41H48ClN11O6. The Labute approximate surface area is 346 Å². The van der Waals surface area contributed by atoms with Gasteiger partial charge in [0.25, 0.3) is 11.8 Å². The van der Waals surface area contributed by atoms with Crippen LogP contribution in [0, 0.1) is 5.92 Å². The maximum atomic E-state index is 13.9. The Morgan fingerprint density at radius 1 is 1.03 bits per heavy atom. The number of aliphatic hydroxyl groups excluding tert-OH is 1. The summed E-state index contributed by atoms with van der Waals surface area (Å²) in [4.78, 5) is 67.6. The number of piperidine rings is 2. The molecule has 0 radical (unpaired) electrons. The number of likely N-dealkylation sites (N-methyl/N-ethyl adjacent to an activating group) is 2. The van der Waals surface area contributed by atoms with Gasteiger partial charge >= 0.3 is 0 Å². The van der Waals surface area contributed by atoms with Crippen molar-refractivity contribution in [3.05, 3.63) is 70.2 Å². The Bertz CT molecular complexity index is 2320. The number of carbonyl (C=O) groups is 4. The van der Waals surface area contributed by atoms with E-state index in [0.29, 0.717) is 59.0 Å². The number of nitrogens with zero attached hydrogens (tertiary/aromatic N) is 8. The molecule has 2 aromatic heterocycles. The third-order valence-electron chi connectivity index (χ3n) is 11.7. The van der Waals surface area contributed by atoms with E-state index in [-0.39, 0.29) is 42.4 Å². The first-order valence-electron chi connectivity index (χ1n) is 19.9. The molecule has 2 aromatic carbocycles. The predicted molar refractivity (Wildman–Crippen MR) is 222 cm³/mol. The quantitative estimate of drug-likeness (QED) is 0.171. The summed E-state index contributed by atoms with van der Waals surface area (Å²) >= 11 is 6.57. The number of para-hydroxylation sites is 1. The van der Waals surface area contributed by atoms with Gasteiger partial charge in [0.1, 0.15) is 10.8 Å². The average Bonchev–Trinajstić information content (AvgIpc) is 3.58. The maximum Gasteiger partial charge on any atom is 0.257 e. The Kier molecular flexibility index (Phi) is 11.4. The van der Waals surface area contributed by atoms with Crippen molar-refractivity contribution in [2.75, 3.05) is 81.6 Å². The summed E-state index contributed by atoms with van der Waals surface area (Å²) < 4.78 is 7.29. The molecule has 0 aliphatic carbocycles. The first-order chi connectivity index (χ1) is 28.5. The molecule has 4 aromatic rings. The molecule has 0 spiro atoms. The van der Waals surface area contributed by atoms with Crippen LogP contribution in [0.1, 0.15) is 53.2 Å². The number of benzene rings is 2. The van der Waals surface area contributed by atoms with Crippen molar-refractivity contribution in [2.24, 2.45) is 13.0 Å². The van der Waals surface area contributed by atoms with E-state index in [1.54, 1.807) is 35.9 Å². The number of nitrogens with one attached hydrogen (secondary N) is 3. The summed E-state index contributed by atoms with van der Waals surface area (Å²) in [5.74, 6) is 0.306. The van der Waals surface area contributed by atoms with Gasteiger partial charge in [-0.05, 0) is 55.5 Å². The van der Waals surface area contributed by atoms with Gasteiger partial charge in [0.05, 0.1) is 28.9 Å². The molecule has 4 aliphatic rings. The summed E-state index contributed by atoms with van der Waals surface area (Å²) in [5.41, 5.74) is 4.19. The fourth-order valence-electron chi connectivity index (χ4n) is 8.42. The van der Waals surface area contributed by atoms with Gasteiger partial charge in [-0.3, -0.25) is 34.1 Å². The van der Waals surface area contributed by atoms with Crippen molar-refractivity contribution in [3.8, 4) is 0 Å². The van der Waals surface area contributed by atoms with Gasteiger partial charge < -0.3 is 35.2 Å². The number of likely N-dealkylation sites (tertiary alicyclic amines) is 1. The number of imide groups is 1. The van der Waals surface area contributed by atoms with Crippen LogP contribution in [0.15, 0.2) is 48.4 Å². The smallest absolute Gasteiger partial charge is 0.257 e. The number of aliphatic hydroxyl groups is 1. The molecule has 4 amide bonds. The SMILES string of the molecule is CNC(=O)COC1=Cc2cc(Nc3nc(N4CCN(CC5CCN(C(=O)c6cccc7c(C8CCC(=O)NC8=O)nn(C)c67)CC5)CC4)ncc3Cl)ccc2N(C)C1O. The van der Waals surface area contributed by atoms with E-state index in [1.165, 1.54) is 7.05 Å². The first-order valence-corrected chi connectivity index (χ1v) is 20.3. The predicted octanol–water partition coefficient (Wildman–Crippen LogP) is 2.83. The lowest BCUT2D eigenvalue weighted by Gasteiger charge is -2.39. The van der Waals surface area contributed by atoms with Crippen LogP contribution in [0.25, 0.3) is 17.0 Å². The molecule has 4 aliphatic heterocycles. The van der Waals surface area contributed by atoms with Gasteiger partial charge in [-0.15, -0.1) is 0 Å². The van der Waals surface area contributed by atoms with Crippen LogP contribution in [0.3, 0.4) is 0 Å². The Morgan fingerprint density at radius 3 is 2.56 bits per heavy atom. The first kappa shape index (κ1) is 40.0. The molecule has 17 nitrogen and oxygen atoms in total. The normalized spacial score (nSPS) is 20.3. The Balaban J connectivity index is 0.847. The number of aromatic nitrogens is 4. The van der Waals surface area contributed by atoms with Gasteiger partial charge in [0, 0.05) is 95.7 Å². The largest absolute Gasteiger partial charge is 0.483 e. The Morgan fingerprint density at radius 2 is 1.81 bits per heavy atom. The highest BCUT2D eigenvalue weighted by molar-refractivity contribution is 6.33. The van der Waals surface area contributed by atoms with Crippen molar-refractivity contribution >= 4 is 75.3 Å². The lowest BCUT2D eigenvalue weighted by Crippen LogP contribution is -2.49. The van der Waals surface area contributed by atoms with Crippen molar-refractivity contribution < 1.29 is 29.0 Å². The van der Waals surface area contributed by atoms with Crippen LogP contribution in [0.2, 0.25) is 5.02 Å². The van der Waals surface area contributed by atoms with E-state index in [2.05, 4.69) is 35.8 Å². The highest BCUT2D eigenvalue weighted by Crippen LogP contribution is 2.36. The lowest BCUT2D eigenvalue weighted by atomic mass is 9.92. The molecule has 8 rings (SSSR count). The molecule has 310 valence electrons. The summed E-state index contributed by atoms with van der Waals surface area (Å²) in [6, 6.07) is 11.2. The second-order valence-electron chi connectivity index (χ2n) is 15.5.